The van der Waals surface area contributed by atoms with E-state index in [0.717, 1.165) is 51.2 Å². The molecule has 0 radical (unpaired) electrons. The van der Waals surface area contributed by atoms with Crippen molar-refractivity contribution in [1.82, 2.24) is 10.2 Å². The molecule has 1 N–H and O–H groups in total. The molecule has 1 heterocycles. The molecule has 0 saturated carbocycles. The number of rotatable bonds is 6. The lowest BCUT2D eigenvalue weighted by Gasteiger charge is -2.25. The fraction of sp³-hybridized carbons (Fsp3) is 0.647. The number of hydrogen-bond donors (Lipinski definition) is 1. The van der Waals surface area contributed by atoms with Gasteiger partial charge in [-0.2, -0.15) is 0 Å². The van der Waals surface area contributed by atoms with Crippen molar-refractivity contribution < 1.29 is 9.13 Å². The van der Waals surface area contributed by atoms with Crippen molar-refractivity contribution in [2.45, 2.75) is 38.8 Å². The fourth-order valence-corrected chi connectivity index (χ4v) is 2.92. The Bertz CT molecular complexity index is 410. The van der Waals surface area contributed by atoms with Gasteiger partial charge in [-0.05, 0) is 44.0 Å². The van der Waals surface area contributed by atoms with Crippen LogP contribution in [0.25, 0.3) is 0 Å². The lowest BCUT2D eigenvalue weighted by atomic mass is 10.0. The second-order valence-corrected chi connectivity index (χ2v) is 5.79. The molecule has 118 valence electrons. The highest BCUT2D eigenvalue weighted by Gasteiger charge is 2.17. The molecular weight excluding hydrogens is 267 g/mol. The van der Waals surface area contributed by atoms with Crippen LogP contribution in [0.4, 0.5) is 4.39 Å². The summed E-state index contributed by atoms with van der Waals surface area (Å²) in [6.45, 7) is 9.18. The molecule has 21 heavy (non-hydrogen) atoms. The van der Waals surface area contributed by atoms with Gasteiger partial charge in [0.15, 0.2) is 0 Å². The summed E-state index contributed by atoms with van der Waals surface area (Å²) < 4.78 is 18.7. The van der Waals surface area contributed by atoms with Gasteiger partial charge in [0.25, 0.3) is 0 Å². The molecule has 0 spiro atoms. The van der Waals surface area contributed by atoms with Crippen molar-refractivity contribution in [2.75, 3.05) is 32.8 Å². The minimum Gasteiger partial charge on any atom is -0.377 e. The normalized spacial score (nSPS) is 22.0. The Labute approximate surface area is 127 Å². The predicted octanol–water partition coefficient (Wildman–Crippen LogP) is 2.98. The van der Waals surface area contributed by atoms with Crippen LogP contribution in [0.5, 0.6) is 0 Å². The van der Waals surface area contributed by atoms with E-state index in [9.17, 15) is 4.39 Å². The first-order valence-corrected chi connectivity index (χ1v) is 8.02. The SMILES string of the molecule is CCNC(CCN1CCCOC(C)C1)c1ccc(F)cc1. The summed E-state index contributed by atoms with van der Waals surface area (Å²) in [5, 5.41) is 3.50. The number of nitrogens with zero attached hydrogens (tertiary/aromatic N) is 1. The van der Waals surface area contributed by atoms with Crippen molar-refractivity contribution in [3.05, 3.63) is 35.6 Å². The van der Waals surface area contributed by atoms with Gasteiger partial charge in [0.05, 0.1) is 6.10 Å². The van der Waals surface area contributed by atoms with Crippen molar-refractivity contribution in [3.8, 4) is 0 Å². The predicted molar refractivity (Wildman–Crippen MR) is 83.9 cm³/mol. The number of nitrogens with one attached hydrogen (secondary N) is 1. The Hall–Kier alpha value is -0.970. The zero-order valence-electron chi connectivity index (χ0n) is 13.1. The zero-order chi connectivity index (χ0) is 15.1. The Morgan fingerprint density at radius 3 is 2.86 bits per heavy atom. The van der Waals surface area contributed by atoms with Crippen molar-refractivity contribution in [3.63, 3.8) is 0 Å². The van der Waals surface area contributed by atoms with Gasteiger partial charge >= 0.3 is 0 Å². The van der Waals surface area contributed by atoms with Gasteiger partial charge < -0.3 is 15.0 Å². The third kappa shape index (κ3) is 5.38. The van der Waals surface area contributed by atoms with E-state index < -0.39 is 0 Å². The van der Waals surface area contributed by atoms with Gasteiger partial charge in [-0.1, -0.05) is 19.1 Å². The number of hydrogen-bond acceptors (Lipinski definition) is 3. The Balaban J connectivity index is 1.91. The summed E-state index contributed by atoms with van der Waals surface area (Å²) in [6, 6.07) is 7.14. The van der Waals surface area contributed by atoms with Crippen LogP contribution in [-0.4, -0.2) is 43.8 Å². The van der Waals surface area contributed by atoms with E-state index in [1.165, 1.54) is 0 Å². The molecule has 0 bridgehead atoms. The molecule has 3 nitrogen and oxygen atoms in total. The molecule has 1 fully saturated rings. The number of ether oxygens (including phenoxy) is 1. The van der Waals surface area contributed by atoms with Crippen LogP contribution in [0.2, 0.25) is 0 Å². The smallest absolute Gasteiger partial charge is 0.123 e. The van der Waals surface area contributed by atoms with E-state index >= 15 is 0 Å². The molecule has 1 aliphatic heterocycles. The van der Waals surface area contributed by atoms with Crippen LogP contribution in [0.3, 0.4) is 0 Å². The van der Waals surface area contributed by atoms with Crippen molar-refractivity contribution in [1.29, 1.82) is 0 Å². The van der Waals surface area contributed by atoms with Crippen LogP contribution < -0.4 is 5.32 Å². The van der Waals surface area contributed by atoms with E-state index in [-0.39, 0.29) is 11.9 Å². The van der Waals surface area contributed by atoms with Crippen LogP contribution >= 0.6 is 0 Å². The van der Waals surface area contributed by atoms with Crippen LogP contribution in [0.15, 0.2) is 24.3 Å². The third-order valence-corrected chi connectivity index (χ3v) is 3.99. The van der Waals surface area contributed by atoms with E-state index in [4.69, 9.17) is 4.74 Å². The van der Waals surface area contributed by atoms with Crippen LogP contribution in [0.1, 0.15) is 38.3 Å². The number of halogens is 1. The first-order chi connectivity index (χ1) is 10.2. The van der Waals surface area contributed by atoms with Gasteiger partial charge in [-0.15, -0.1) is 0 Å². The Morgan fingerprint density at radius 1 is 1.38 bits per heavy atom. The molecule has 1 aromatic rings. The molecule has 1 aromatic carbocycles. The average Bonchev–Trinajstić information content (AvgIpc) is 2.69. The molecular formula is C17H27FN2O. The van der Waals surface area contributed by atoms with E-state index in [2.05, 4.69) is 24.1 Å². The van der Waals surface area contributed by atoms with Crippen molar-refractivity contribution in [2.24, 2.45) is 0 Å². The molecule has 0 aromatic heterocycles. The summed E-state index contributed by atoms with van der Waals surface area (Å²) in [5.74, 6) is -0.174. The second-order valence-electron chi connectivity index (χ2n) is 5.79. The topological polar surface area (TPSA) is 24.5 Å². The highest BCUT2D eigenvalue weighted by molar-refractivity contribution is 5.19. The molecule has 0 amide bonds. The summed E-state index contributed by atoms with van der Waals surface area (Å²) in [4.78, 5) is 2.48. The highest BCUT2D eigenvalue weighted by atomic mass is 19.1. The largest absolute Gasteiger partial charge is 0.377 e. The molecule has 1 saturated heterocycles. The standard InChI is InChI=1S/C17H27FN2O/c1-3-19-17(15-5-7-16(18)8-6-15)9-11-20-10-4-12-21-14(2)13-20/h5-8,14,17,19H,3-4,9-13H2,1-2H3. The van der Waals surface area contributed by atoms with Crippen LogP contribution in [-0.2, 0) is 4.74 Å². The maximum atomic E-state index is 13.1. The van der Waals surface area contributed by atoms with E-state index in [0.29, 0.717) is 6.10 Å². The molecule has 0 aliphatic carbocycles. The first-order valence-electron chi connectivity index (χ1n) is 8.02. The van der Waals surface area contributed by atoms with Gasteiger partial charge in [0.2, 0.25) is 0 Å². The second kappa shape index (κ2) is 8.47. The maximum Gasteiger partial charge on any atom is 0.123 e. The first kappa shape index (κ1) is 16.4. The lowest BCUT2D eigenvalue weighted by molar-refractivity contribution is 0.0672. The van der Waals surface area contributed by atoms with Crippen molar-refractivity contribution >= 4 is 0 Å². The maximum absolute atomic E-state index is 13.1. The summed E-state index contributed by atoms with van der Waals surface area (Å²) in [7, 11) is 0. The monoisotopic (exact) mass is 294 g/mol. The molecule has 2 atom stereocenters. The fourth-order valence-electron chi connectivity index (χ4n) is 2.92. The van der Waals surface area contributed by atoms with E-state index in [1.807, 2.05) is 12.1 Å². The lowest BCUT2D eigenvalue weighted by Crippen LogP contribution is -2.33. The molecule has 1 aliphatic rings. The van der Waals surface area contributed by atoms with E-state index in [1.54, 1.807) is 12.1 Å². The average molecular weight is 294 g/mol. The van der Waals surface area contributed by atoms with Gasteiger partial charge in [-0.25, -0.2) is 4.39 Å². The minimum atomic E-state index is -0.174. The van der Waals surface area contributed by atoms with Gasteiger partial charge in [-0.3, -0.25) is 0 Å². The summed E-state index contributed by atoms with van der Waals surface area (Å²) >= 11 is 0. The Kier molecular flexibility index (Phi) is 6.61. The summed E-state index contributed by atoms with van der Waals surface area (Å²) in [6.07, 6.45) is 2.45. The highest BCUT2D eigenvalue weighted by Crippen LogP contribution is 2.18. The Morgan fingerprint density at radius 2 is 2.14 bits per heavy atom. The van der Waals surface area contributed by atoms with Gasteiger partial charge in [0.1, 0.15) is 5.82 Å². The van der Waals surface area contributed by atoms with Gasteiger partial charge in [0, 0.05) is 32.3 Å². The number of benzene rings is 1. The minimum absolute atomic E-state index is 0.174. The molecule has 2 unspecified atom stereocenters. The third-order valence-electron chi connectivity index (χ3n) is 3.99. The zero-order valence-corrected chi connectivity index (χ0v) is 13.1. The molecule has 4 heteroatoms. The quantitative estimate of drug-likeness (QED) is 0.873. The van der Waals surface area contributed by atoms with Crippen LogP contribution in [0, 0.1) is 5.82 Å². The summed E-state index contributed by atoms with van der Waals surface area (Å²) in [5.41, 5.74) is 1.16. The molecule has 2 rings (SSSR count).